The molecule has 220 valence electrons. The van der Waals surface area contributed by atoms with E-state index in [0.717, 1.165) is 0 Å². The van der Waals surface area contributed by atoms with Gasteiger partial charge in [-0.3, -0.25) is 4.79 Å². The molecule has 0 bridgehead atoms. The number of esters is 1. The van der Waals surface area contributed by atoms with E-state index < -0.39 is 53.2 Å². The van der Waals surface area contributed by atoms with Crippen molar-refractivity contribution in [3.63, 3.8) is 0 Å². The van der Waals surface area contributed by atoms with Gasteiger partial charge in [-0.1, -0.05) is 41.5 Å². The van der Waals surface area contributed by atoms with E-state index >= 15 is 0 Å². The zero-order valence-corrected chi connectivity index (χ0v) is 28.1. The summed E-state index contributed by atoms with van der Waals surface area (Å²) in [5.74, 6) is -1.01. The fourth-order valence-corrected chi connectivity index (χ4v) is 6.48. The van der Waals surface area contributed by atoms with E-state index in [1.165, 1.54) is 11.8 Å². The molecule has 12 heteroatoms. The number of nitrogens with two attached hydrogens (primary N) is 1. The number of carbonyl (C=O) groups is 3. The summed E-state index contributed by atoms with van der Waals surface area (Å²) in [6.45, 7) is 22.8. The van der Waals surface area contributed by atoms with Crippen molar-refractivity contribution in [2.75, 3.05) is 12.4 Å². The van der Waals surface area contributed by atoms with Crippen molar-refractivity contribution in [3.8, 4) is 11.5 Å². The number of amides is 1. The molecule has 2 rings (SSSR count). The Bertz CT molecular complexity index is 1110. The maximum Gasteiger partial charge on any atom is 0.339 e. The quantitative estimate of drug-likeness (QED) is 0.314. The predicted molar refractivity (Wildman–Crippen MR) is 161 cm³/mol. The first-order valence-electron chi connectivity index (χ1n) is 13.2. The molecule has 0 saturated carbocycles. The van der Waals surface area contributed by atoms with E-state index in [-0.39, 0.29) is 21.6 Å². The molecule has 4 N–H and O–H groups in total. The minimum Gasteiger partial charge on any atom is -0.543 e. The molecular formula is C27H46N2O7SSi2. The fourth-order valence-electron chi connectivity index (χ4n) is 3.31. The van der Waals surface area contributed by atoms with Crippen molar-refractivity contribution in [3.05, 3.63) is 22.8 Å². The van der Waals surface area contributed by atoms with Crippen molar-refractivity contribution in [1.82, 2.24) is 5.32 Å². The number of cyclic esters (lactones) is 1. The molecule has 0 unspecified atom stereocenters. The van der Waals surface area contributed by atoms with Gasteiger partial charge < -0.3 is 29.7 Å². The molecule has 39 heavy (non-hydrogen) atoms. The molecule has 1 aromatic rings. The highest BCUT2D eigenvalue weighted by molar-refractivity contribution is 7.98. The molecule has 0 aromatic heterocycles. The number of ether oxygens (including phenoxy) is 1. The minimum atomic E-state index is -2.36. The summed E-state index contributed by atoms with van der Waals surface area (Å²) in [6.07, 6.45) is 0. The van der Waals surface area contributed by atoms with Gasteiger partial charge in [-0.15, -0.1) is 0 Å². The van der Waals surface area contributed by atoms with E-state index in [9.17, 15) is 19.5 Å². The van der Waals surface area contributed by atoms with Crippen molar-refractivity contribution < 1.29 is 33.1 Å². The summed E-state index contributed by atoms with van der Waals surface area (Å²) in [5.41, 5.74) is 7.49. The Morgan fingerprint density at radius 2 is 1.56 bits per heavy atom. The molecule has 1 amide bonds. The SMILES string of the molecule is Cc1c(O[Si](C)(C)C(C)(C)C)cc(O[Si](C)(C)C(C)(C)C)c2c1C(=O)OC[C@H](N)C(=O)N[C@H](C(=O)O)CSC2. The molecule has 1 heterocycles. The Balaban J connectivity index is 2.78. The standard InChI is InChI=1S/C27H46N2O7SSi2/c1-16-20(35-38(8,9)26(2,3)4)12-21(36-39(10,11)27(5,6)7)17-14-37-15-19(24(31)32)29-23(30)18(28)13-34-25(33)22(16)17/h12,18-19H,13-15,28H2,1-11H3,(H,29,30)(H,31,32)/t18-,19-/m0/s1. The number of carbonyl (C=O) groups excluding carboxylic acids is 2. The van der Waals surface area contributed by atoms with Crippen molar-refractivity contribution in [2.45, 2.75) is 103 Å². The first-order valence-corrected chi connectivity index (χ1v) is 20.1. The monoisotopic (exact) mass is 598 g/mol. The lowest BCUT2D eigenvalue weighted by Crippen LogP contribution is -2.51. The maximum absolute atomic E-state index is 13.6. The average Bonchev–Trinajstić information content (AvgIpc) is 2.76. The molecule has 0 spiro atoms. The summed E-state index contributed by atoms with van der Waals surface area (Å²) in [6, 6.07) is -0.463. The third-order valence-corrected chi connectivity index (χ3v) is 17.8. The zero-order chi connectivity index (χ0) is 30.1. The van der Waals surface area contributed by atoms with E-state index in [2.05, 4.69) is 73.0 Å². The zero-order valence-electron chi connectivity index (χ0n) is 25.2. The highest BCUT2D eigenvalue weighted by Crippen LogP contribution is 2.45. The number of fused-ring (bicyclic) bond motifs is 1. The van der Waals surface area contributed by atoms with Gasteiger partial charge in [0.05, 0.1) is 5.56 Å². The summed E-state index contributed by atoms with van der Waals surface area (Å²) in [5, 5.41) is 11.9. The largest absolute Gasteiger partial charge is 0.543 e. The number of rotatable bonds is 5. The Morgan fingerprint density at radius 3 is 2.05 bits per heavy atom. The molecule has 1 aromatic carbocycles. The van der Waals surface area contributed by atoms with Crippen molar-refractivity contribution >= 4 is 46.2 Å². The van der Waals surface area contributed by atoms with Gasteiger partial charge >= 0.3 is 11.9 Å². The van der Waals surface area contributed by atoms with Crippen LogP contribution in [0.15, 0.2) is 6.07 Å². The Hall–Kier alpha value is -2.03. The molecule has 0 radical (unpaired) electrons. The van der Waals surface area contributed by atoms with Gasteiger partial charge in [0.2, 0.25) is 22.5 Å². The highest BCUT2D eigenvalue weighted by Gasteiger charge is 2.42. The fraction of sp³-hybridized carbons (Fsp3) is 0.667. The van der Waals surface area contributed by atoms with Crippen LogP contribution in [-0.4, -0.2) is 64.0 Å². The molecule has 0 saturated heterocycles. The second-order valence-corrected chi connectivity index (χ2v) is 23.7. The summed E-state index contributed by atoms with van der Waals surface area (Å²) >= 11 is 1.29. The van der Waals surface area contributed by atoms with Gasteiger partial charge in [-0.25, -0.2) is 9.59 Å². The van der Waals surface area contributed by atoms with Crippen LogP contribution in [0.25, 0.3) is 0 Å². The normalized spacial score (nSPS) is 20.1. The first-order chi connectivity index (χ1) is 17.6. The second kappa shape index (κ2) is 11.8. The lowest BCUT2D eigenvalue weighted by atomic mass is 10.0. The number of carboxylic acids is 1. The van der Waals surface area contributed by atoms with Crippen LogP contribution < -0.4 is 19.9 Å². The van der Waals surface area contributed by atoms with E-state index in [1.54, 1.807) is 0 Å². The van der Waals surface area contributed by atoms with Gasteiger partial charge in [0.1, 0.15) is 30.2 Å². The molecule has 1 aliphatic rings. The Kier molecular flexibility index (Phi) is 10.1. The van der Waals surface area contributed by atoms with Gasteiger partial charge in [0.25, 0.3) is 0 Å². The third kappa shape index (κ3) is 7.80. The van der Waals surface area contributed by atoms with Crippen LogP contribution >= 0.6 is 11.8 Å². The van der Waals surface area contributed by atoms with E-state index in [0.29, 0.717) is 28.2 Å². The lowest BCUT2D eigenvalue weighted by molar-refractivity contribution is -0.141. The van der Waals surface area contributed by atoms with Crippen LogP contribution in [0.5, 0.6) is 11.5 Å². The summed E-state index contributed by atoms with van der Waals surface area (Å²) in [7, 11) is -4.66. The number of hydrogen-bond acceptors (Lipinski definition) is 8. The van der Waals surface area contributed by atoms with Gasteiger partial charge in [0.15, 0.2) is 0 Å². The lowest BCUT2D eigenvalue weighted by Gasteiger charge is -2.39. The van der Waals surface area contributed by atoms with Crippen LogP contribution in [0, 0.1) is 6.92 Å². The van der Waals surface area contributed by atoms with Crippen LogP contribution in [0.1, 0.15) is 63.0 Å². The summed E-state index contributed by atoms with van der Waals surface area (Å²) in [4.78, 5) is 37.9. The molecule has 9 nitrogen and oxygen atoms in total. The minimum absolute atomic E-state index is 0.0853. The number of aliphatic carboxylic acids is 1. The topological polar surface area (TPSA) is 137 Å². The van der Waals surface area contributed by atoms with Crippen molar-refractivity contribution in [1.29, 1.82) is 0 Å². The summed E-state index contributed by atoms with van der Waals surface area (Å²) < 4.78 is 19.0. The molecule has 2 atom stereocenters. The number of nitrogens with one attached hydrogen (secondary N) is 1. The van der Waals surface area contributed by atoms with Crippen LogP contribution in [0.3, 0.4) is 0 Å². The second-order valence-electron chi connectivity index (χ2n) is 13.2. The van der Waals surface area contributed by atoms with E-state index in [4.69, 9.17) is 19.3 Å². The Labute approximate surface area is 239 Å². The Morgan fingerprint density at radius 1 is 1.05 bits per heavy atom. The predicted octanol–water partition coefficient (Wildman–Crippen LogP) is 5.06. The smallest absolute Gasteiger partial charge is 0.339 e. The van der Waals surface area contributed by atoms with Crippen LogP contribution in [0.2, 0.25) is 36.3 Å². The average molecular weight is 599 g/mol. The van der Waals surface area contributed by atoms with Gasteiger partial charge in [-0.05, 0) is 43.2 Å². The highest BCUT2D eigenvalue weighted by atomic mass is 32.2. The third-order valence-electron chi connectivity index (χ3n) is 8.03. The molecule has 0 fully saturated rings. The first kappa shape index (κ1) is 33.2. The van der Waals surface area contributed by atoms with Gasteiger partial charge in [-0.2, -0.15) is 11.8 Å². The molecular weight excluding hydrogens is 553 g/mol. The van der Waals surface area contributed by atoms with Crippen LogP contribution in [-0.2, 0) is 20.1 Å². The van der Waals surface area contributed by atoms with E-state index in [1.807, 2.05) is 13.0 Å². The molecule has 1 aliphatic heterocycles. The van der Waals surface area contributed by atoms with Crippen molar-refractivity contribution in [2.24, 2.45) is 5.73 Å². The number of benzene rings is 1. The number of thioether (sulfide) groups is 1. The maximum atomic E-state index is 13.6. The van der Waals surface area contributed by atoms with Gasteiger partial charge in [0, 0.05) is 28.7 Å². The molecule has 0 aliphatic carbocycles. The number of carboxylic acid groups (broad SMARTS) is 1. The van der Waals surface area contributed by atoms with Crippen LogP contribution in [0.4, 0.5) is 0 Å². The number of hydrogen-bond donors (Lipinski definition) is 3.